The molecule has 1 saturated heterocycles. The number of nitrogens with zero attached hydrogens (tertiary/aromatic N) is 4. The summed E-state index contributed by atoms with van der Waals surface area (Å²) in [7, 11) is 0. The van der Waals surface area contributed by atoms with Crippen LogP contribution in [0.1, 0.15) is 50.3 Å². The summed E-state index contributed by atoms with van der Waals surface area (Å²) in [6.07, 6.45) is 5.77. The van der Waals surface area contributed by atoms with Gasteiger partial charge in [-0.15, -0.1) is 0 Å². The minimum absolute atomic E-state index is 0.0750. The molecule has 1 unspecified atom stereocenters. The normalized spacial score (nSPS) is 18.2. The van der Waals surface area contributed by atoms with Crippen LogP contribution in [0.5, 0.6) is 0 Å². The van der Waals surface area contributed by atoms with Crippen LogP contribution in [0, 0.1) is 25.7 Å². The van der Waals surface area contributed by atoms with Crippen LogP contribution >= 0.6 is 0 Å². The maximum absolute atomic E-state index is 12.2. The molecule has 0 saturated carbocycles. The number of hydrogen-bond acceptors (Lipinski definition) is 5. The SMILES string of the molecule is Cc1noc(C)c1-c1cc(CC2CCCN(C(=O)C(C)C)CC2)ncn1. The number of carbonyl (C=O) groups is 1. The minimum Gasteiger partial charge on any atom is -0.361 e. The lowest BCUT2D eigenvalue weighted by molar-refractivity contribution is -0.134. The molecule has 0 aromatic carbocycles. The van der Waals surface area contributed by atoms with Crippen molar-refractivity contribution in [3.8, 4) is 11.3 Å². The molecule has 0 N–H and O–H groups in total. The van der Waals surface area contributed by atoms with Crippen molar-refractivity contribution in [2.45, 2.75) is 53.4 Å². The fourth-order valence-corrected chi connectivity index (χ4v) is 3.75. The lowest BCUT2D eigenvalue weighted by Gasteiger charge is -2.22. The van der Waals surface area contributed by atoms with E-state index in [0.29, 0.717) is 5.92 Å². The topological polar surface area (TPSA) is 72.1 Å². The van der Waals surface area contributed by atoms with Gasteiger partial charge in [0.1, 0.15) is 12.1 Å². The first kappa shape index (κ1) is 18.5. The molecule has 1 atom stereocenters. The molecule has 2 aromatic heterocycles. The van der Waals surface area contributed by atoms with Crippen LogP contribution in [0.4, 0.5) is 0 Å². The van der Waals surface area contributed by atoms with Gasteiger partial charge in [-0.05, 0) is 51.5 Å². The minimum atomic E-state index is 0.0750. The first-order chi connectivity index (χ1) is 12.5. The largest absolute Gasteiger partial charge is 0.361 e. The van der Waals surface area contributed by atoms with Gasteiger partial charge >= 0.3 is 0 Å². The number of hydrogen-bond donors (Lipinski definition) is 0. The summed E-state index contributed by atoms with van der Waals surface area (Å²) >= 11 is 0. The Balaban J connectivity index is 1.68. The third kappa shape index (κ3) is 4.11. The molecule has 0 radical (unpaired) electrons. The van der Waals surface area contributed by atoms with Gasteiger partial charge in [0.2, 0.25) is 5.91 Å². The Morgan fingerprint density at radius 3 is 2.77 bits per heavy atom. The van der Waals surface area contributed by atoms with Crippen molar-refractivity contribution in [1.29, 1.82) is 0 Å². The van der Waals surface area contributed by atoms with Crippen LogP contribution < -0.4 is 0 Å². The number of rotatable bonds is 4. The Hall–Kier alpha value is -2.24. The monoisotopic (exact) mass is 356 g/mol. The molecule has 26 heavy (non-hydrogen) atoms. The number of likely N-dealkylation sites (tertiary alicyclic amines) is 1. The maximum atomic E-state index is 12.2. The molecular formula is C20H28N4O2. The van der Waals surface area contributed by atoms with Gasteiger partial charge in [-0.2, -0.15) is 0 Å². The molecule has 1 aliphatic rings. The lowest BCUT2D eigenvalue weighted by Crippen LogP contribution is -2.35. The van der Waals surface area contributed by atoms with Crippen molar-refractivity contribution in [3.63, 3.8) is 0 Å². The molecule has 1 amide bonds. The second-order valence-corrected chi connectivity index (χ2v) is 7.57. The van der Waals surface area contributed by atoms with E-state index in [1.165, 1.54) is 0 Å². The van der Waals surface area contributed by atoms with Crippen molar-refractivity contribution in [1.82, 2.24) is 20.0 Å². The van der Waals surface area contributed by atoms with Gasteiger partial charge < -0.3 is 9.42 Å². The highest BCUT2D eigenvalue weighted by atomic mass is 16.5. The Morgan fingerprint density at radius 2 is 2.08 bits per heavy atom. The predicted molar refractivity (Wildman–Crippen MR) is 99.5 cm³/mol. The molecule has 2 aromatic rings. The number of aromatic nitrogens is 3. The summed E-state index contributed by atoms with van der Waals surface area (Å²) < 4.78 is 5.26. The second kappa shape index (κ2) is 7.98. The van der Waals surface area contributed by atoms with E-state index in [9.17, 15) is 4.79 Å². The first-order valence-corrected chi connectivity index (χ1v) is 9.48. The molecular weight excluding hydrogens is 328 g/mol. The molecule has 1 fully saturated rings. The van der Waals surface area contributed by atoms with Crippen molar-refractivity contribution < 1.29 is 9.32 Å². The summed E-state index contributed by atoms with van der Waals surface area (Å²) in [5, 5.41) is 4.02. The second-order valence-electron chi connectivity index (χ2n) is 7.57. The summed E-state index contributed by atoms with van der Waals surface area (Å²) in [4.78, 5) is 23.2. The van der Waals surface area contributed by atoms with Crippen LogP contribution in [0.2, 0.25) is 0 Å². The van der Waals surface area contributed by atoms with Gasteiger partial charge in [0.15, 0.2) is 0 Å². The molecule has 140 valence electrons. The van der Waals surface area contributed by atoms with Crippen LogP contribution in [0.25, 0.3) is 11.3 Å². The Bertz CT molecular complexity index is 749. The highest BCUT2D eigenvalue weighted by Gasteiger charge is 2.23. The van der Waals surface area contributed by atoms with E-state index in [2.05, 4.69) is 21.2 Å². The zero-order valence-corrected chi connectivity index (χ0v) is 16.2. The van der Waals surface area contributed by atoms with Gasteiger partial charge in [-0.1, -0.05) is 19.0 Å². The number of aryl methyl sites for hydroxylation is 2. The van der Waals surface area contributed by atoms with Gasteiger partial charge in [-0.25, -0.2) is 9.97 Å². The predicted octanol–water partition coefficient (Wildman–Crippen LogP) is 3.58. The maximum Gasteiger partial charge on any atom is 0.225 e. The van der Waals surface area contributed by atoms with Gasteiger partial charge in [-0.3, -0.25) is 4.79 Å². The molecule has 6 nitrogen and oxygen atoms in total. The zero-order chi connectivity index (χ0) is 18.7. The Morgan fingerprint density at radius 1 is 1.27 bits per heavy atom. The average molecular weight is 356 g/mol. The average Bonchev–Trinajstić information content (AvgIpc) is 2.81. The number of amides is 1. The van der Waals surface area contributed by atoms with Gasteiger partial charge in [0, 0.05) is 24.7 Å². The van der Waals surface area contributed by atoms with E-state index in [1.54, 1.807) is 6.33 Å². The molecule has 3 heterocycles. The van der Waals surface area contributed by atoms with Crippen LogP contribution in [-0.4, -0.2) is 39.0 Å². The third-order valence-corrected chi connectivity index (χ3v) is 5.16. The summed E-state index contributed by atoms with van der Waals surface area (Å²) in [6.45, 7) is 9.51. The van der Waals surface area contributed by atoms with E-state index < -0.39 is 0 Å². The molecule has 0 spiro atoms. The summed E-state index contributed by atoms with van der Waals surface area (Å²) in [5.74, 6) is 1.68. The van der Waals surface area contributed by atoms with Crippen molar-refractivity contribution in [2.75, 3.05) is 13.1 Å². The zero-order valence-electron chi connectivity index (χ0n) is 16.2. The quantitative estimate of drug-likeness (QED) is 0.837. The van der Waals surface area contributed by atoms with Crippen molar-refractivity contribution >= 4 is 5.91 Å². The standard InChI is InChI=1S/C20H28N4O2/c1-13(2)20(25)24-8-5-6-16(7-9-24)10-17-11-18(22-12-21-17)19-14(3)23-26-15(19)4/h11-13,16H,5-10H2,1-4H3. The smallest absolute Gasteiger partial charge is 0.225 e. The van der Waals surface area contributed by atoms with Crippen molar-refractivity contribution in [3.05, 3.63) is 29.5 Å². The first-order valence-electron chi connectivity index (χ1n) is 9.48. The fourth-order valence-electron chi connectivity index (χ4n) is 3.75. The molecule has 3 rings (SSSR count). The van der Waals surface area contributed by atoms with Gasteiger partial charge in [0.05, 0.1) is 17.0 Å². The molecule has 6 heteroatoms. The third-order valence-electron chi connectivity index (χ3n) is 5.16. The molecule has 1 aliphatic heterocycles. The van der Waals surface area contributed by atoms with Crippen LogP contribution in [0.3, 0.4) is 0 Å². The summed E-state index contributed by atoms with van der Waals surface area (Å²) in [6, 6.07) is 2.05. The van der Waals surface area contributed by atoms with Gasteiger partial charge in [0.25, 0.3) is 0 Å². The molecule has 0 aliphatic carbocycles. The van der Waals surface area contributed by atoms with Crippen molar-refractivity contribution in [2.24, 2.45) is 11.8 Å². The Kier molecular flexibility index (Phi) is 5.69. The highest BCUT2D eigenvalue weighted by Crippen LogP contribution is 2.27. The number of carbonyl (C=O) groups excluding carboxylic acids is 1. The van der Waals surface area contributed by atoms with E-state index in [1.807, 2.05) is 32.6 Å². The van der Waals surface area contributed by atoms with Crippen LogP contribution in [0.15, 0.2) is 16.9 Å². The highest BCUT2D eigenvalue weighted by molar-refractivity contribution is 5.78. The fraction of sp³-hybridized carbons (Fsp3) is 0.600. The van der Waals surface area contributed by atoms with E-state index in [4.69, 9.17) is 4.52 Å². The lowest BCUT2D eigenvalue weighted by atomic mass is 9.94. The van der Waals surface area contributed by atoms with Crippen LogP contribution in [-0.2, 0) is 11.2 Å². The summed E-state index contributed by atoms with van der Waals surface area (Å²) in [5.41, 5.74) is 3.73. The Labute approximate surface area is 155 Å². The van der Waals surface area contributed by atoms with E-state index >= 15 is 0 Å². The molecule has 0 bridgehead atoms. The van der Waals surface area contributed by atoms with E-state index in [0.717, 1.165) is 67.2 Å². The van der Waals surface area contributed by atoms with E-state index in [-0.39, 0.29) is 11.8 Å².